The number of carbonyl (C=O) groups is 1. The number of aromatic amines is 1. The fraction of sp³-hybridized carbons (Fsp3) is 0.400. The molecule has 0 radical (unpaired) electrons. The van der Waals surface area contributed by atoms with Gasteiger partial charge >= 0.3 is 0 Å². The Morgan fingerprint density at radius 1 is 1.14 bits per heavy atom. The van der Waals surface area contributed by atoms with Crippen molar-refractivity contribution in [2.45, 2.75) is 50.3 Å². The number of H-pyrrole nitrogens is 1. The summed E-state index contributed by atoms with van der Waals surface area (Å²) in [5.74, 6) is 0.554. The molecule has 0 aliphatic carbocycles. The van der Waals surface area contributed by atoms with Crippen molar-refractivity contribution in [1.82, 2.24) is 14.3 Å². The van der Waals surface area contributed by atoms with Crippen LogP contribution in [0.3, 0.4) is 0 Å². The molecule has 2 N–H and O–H groups in total. The zero-order chi connectivity index (χ0) is 24.8. The highest BCUT2D eigenvalue weighted by Gasteiger charge is 2.29. The van der Waals surface area contributed by atoms with Gasteiger partial charge in [0.15, 0.2) is 0 Å². The molecule has 2 aromatic carbocycles. The average Bonchev–Trinajstić information content (AvgIpc) is 2.85. The van der Waals surface area contributed by atoms with E-state index in [2.05, 4.69) is 15.3 Å². The number of piperidine rings is 1. The molecule has 1 amide bonds. The van der Waals surface area contributed by atoms with Crippen LogP contribution in [-0.4, -0.2) is 48.3 Å². The first-order valence-corrected chi connectivity index (χ1v) is 13.4. The van der Waals surface area contributed by atoms with Crippen molar-refractivity contribution in [3.05, 3.63) is 58.6 Å². The SMILES string of the molecule is CCOc1ccc(NC(=O)CCCc2nc3ccccc3c(=O)[nH]2)cc1S(=O)(=O)N1CCCCC1. The first-order valence-electron chi connectivity index (χ1n) is 11.9. The molecule has 10 heteroatoms. The highest BCUT2D eigenvalue weighted by molar-refractivity contribution is 7.89. The number of amides is 1. The van der Waals surface area contributed by atoms with Crippen LogP contribution in [0.25, 0.3) is 10.9 Å². The van der Waals surface area contributed by atoms with Crippen molar-refractivity contribution in [2.75, 3.05) is 25.0 Å². The molecule has 1 aliphatic heterocycles. The molecule has 3 aromatic rings. The molecule has 9 nitrogen and oxygen atoms in total. The average molecular weight is 499 g/mol. The summed E-state index contributed by atoms with van der Waals surface area (Å²) in [5.41, 5.74) is 0.811. The van der Waals surface area contributed by atoms with Crippen LogP contribution >= 0.6 is 0 Å². The van der Waals surface area contributed by atoms with E-state index in [1.807, 2.05) is 6.07 Å². The number of nitrogens with one attached hydrogen (secondary N) is 2. The number of hydrogen-bond donors (Lipinski definition) is 2. The summed E-state index contributed by atoms with van der Waals surface area (Å²) in [4.78, 5) is 32.0. The molecule has 0 spiro atoms. The molecule has 2 heterocycles. The van der Waals surface area contributed by atoms with Crippen molar-refractivity contribution >= 4 is 32.5 Å². The van der Waals surface area contributed by atoms with Crippen LogP contribution in [0.2, 0.25) is 0 Å². The van der Waals surface area contributed by atoms with Crippen LogP contribution in [0.5, 0.6) is 5.75 Å². The van der Waals surface area contributed by atoms with Gasteiger partial charge in [-0.3, -0.25) is 9.59 Å². The number of aryl methyl sites for hydroxylation is 1. The van der Waals surface area contributed by atoms with Gasteiger partial charge in [-0.15, -0.1) is 0 Å². The Kier molecular flexibility index (Phi) is 7.82. The lowest BCUT2D eigenvalue weighted by atomic mass is 10.2. The fourth-order valence-electron chi connectivity index (χ4n) is 4.20. The minimum Gasteiger partial charge on any atom is -0.492 e. The topological polar surface area (TPSA) is 121 Å². The lowest BCUT2D eigenvalue weighted by Crippen LogP contribution is -2.35. The number of para-hydroxylation sites is 1. The van der Waals surface area contributed by atoms with Crippen molar-refractivity contribution in [3.8, 4) is 5.75 Å². The molecule has 0 saturated carbocycles. The summed E-state index contributed by atoms with van der Waals surface area (Å²) in [7, 11) is -3.73. The van der Waals surface area contributed by atoms with E-state index in [1.54, 1.807) is 37.3 Å². The van der Waals surface area contributed by atoms with Gasteiger partial charge in [0.2, 0.25) is 15.9 Å². The van der Waals surface area contributed by atoms with Crippen molar-refractivity contribution in [2.24, 2.45) is 0 Å². The largest absolute Gasteiger partial charge is 0.492 e. The number of hydrogen-bond acceptors (Lipinski definition) is 6. The number of rotatable bonds is 9. The Morgan fingerprint density at radius 2 is 1.91 bits per heavy atom. The predicted molar refractivity (Wildman–Crippen MR) is 134 cm³/mol. The molecule has 1 fully saturated rings. The van der Waals surface area contributed by atoms with Gasteiger partial charge in [-0.2, -0.15) is 4.31 Å². The second-order valence-electron chi connectivity index (χ2n) is 8.49. The summed E-state index contributed by atoms with van der Waals surface area (Å²) in [6.07, 6.45) is 3.78. The van der Waals surface area contributed by atoms with E-state index >= 15 is 0 Å². The summed E-state index contributed by atoms with van der Waals surface area (Å²) in [6, 6.07) is 11.8. The van der Waals surface area contributed by atoms with E-state index in [0.29, 0.717) is 55.0 Å². The van der Waals surface area contributed by atoms with E-state index in [4.69, 9.17) is 4.74 Å². The lowest BCUT2D eigenvalue weighted by Gasteiger charge is -2.27. The van der Waals surface area contributed by atoms with Gasteiger partial charge in [-0.05, 0) is 56.5 Å². The Morgan fingerprint density at radius 3 is 2.69 bits per heavy atom. The predicted octanol–water partition coefficient (Wildman–Crippen LogP) is 3.46. The minimum absolute atomic E-state index is 0.0667. The summed E-state index contributed by atoms with van der Waals surface area (Å²) in [5, 5.41) is 3.31. The van der Waals surface area contributed by atoms with Gasteiger partial charge in [0.1, 0.15) is 16.5 Å². The second-order valence-corrected chi connectivity index (χ2v) is 10.4. The number of benzene rings is 2. The molecule has 4 rings (SSSR count). The smallest absolute Gasteiger partial charge is 0.258 e. The highest BCUT2D eigenvalue weighted by atomic mass is 32.2. The zero-order valence-electron chi connectivity index (χ0n) is 19.7. The number of ether oxygens (including phenoxy) is 1. The van der Waals surface area contributed by atoms with Gasteiger partial charge in [-0.25, -0.2) is 13.4 Å². The molecule has 0 atom stereocenters. The standard InChI is InChI=1S/C25H30N4O5S/c1-2-34-21-14-13-18(17-22(21)35(32,33)29-15-6-3-7-16-29)26-24(30)12-8-11-23-27-20-10-5-4-9-19(20)25(31)28-23/h4-5,9-10,13-14,17H,2-3,6-8,11-12,15-16H2,1H3,(H,26,30)(H,27,28,31). The van der Waals surface area contributed by atoms with Crippen molar-refractivity contribution in [3.63, 3.8) is 0 Å². The quantitative estimate of drug-likeness (QED) is 0.466. The van der Waals surface area contributed by atoms with Crippen LogP contribution in [0, 0.1) is 0 Å². The molecule has 1 aliphatic rings. The first-order chi connectivity index (χ1) is 16.9. The second kappa shape index (κ2) is 11.0. The lowest BCUT2D eigenvalue weighted by molar-refractivity contribution is -0.116. The number of nitrogens with zero attached hydrogens (tertiary/aromatic N) is 2. The number of anilines is 1. The summed E-state index contributed by atoms with van der Waals surface area (Å²) in [6.45, 7) is 3.09. The monoisotopic (exact) mass is 498 g/mol. The summed E-state index contributed by atoms with van der Waals surface area (Å²) < 4.78 is 33.6. The Bertz CT molecular complexity index is 1360. The minimum atomic E-state index is -3.73. The van der Waals surface area contributed by atoms with Crippen LogP contribution in [0.4, 0.5) is 5.69 Å². The van der Waals surface area contributed by atoms with Gasteiger partial charge in [0, 0.05) is 31.6 Å². The van der Waals surface area contributed by atoms with Gasteiger partial charge < -0.3 is 15.0 Å². The van der Waals surface area contributed by atoms with Crippen LogP contribution < -0.4 is 15.6 Å². The third-order valence-electron chi connectivity index (χ3n) is 5.94. The Balaban J connectivity index is 1.42. The summed E-state index contributed by atoms with van der Waals surface area (Å²) >= 11 is 0. The van der Waals surface area contributed by atoms with Crippen LogP contribution in [-0.2, 0) is 21.2 Å². The first kappa shape index (κ1) is 24.9. The third kappa shape index (κ3) is 5.88. The maximum Gasteiger partial charge on any atom is 0.258 e. The van der Waals surface area contributed by atoms with Gasteiger partial charge in [-0.1, -0.05) is 18.6 Å². The van der Waals surface area contributed by atoms with Crippen LogP contribution in [0.1, 0.15) is 44.9 Å². The molecule has 1 aromatic heterocycles. The maximum atomic E-state index is 13.3. The van der Waals surface area contributed by atoms with E-state index in [1.165, 1.54) is 10.4 Å². The number of aromatic nitrogens is 2. The van der Waals surface area contributed by atoms with Crippen molar-refractivity contribution in [1.29, 1.82) is 0 Å². The number of sulfonamides is 1. The molecule has 186 valence electrons. The van der Waals surface area contributed by atoms with Crippen LogP contribution in [0.15, 0.2) is 52.2 Å². The Labute approximate surface area is 204 Å². The number of fused-ring (bicyclic) bond motifs is 1. The third-order valence-corrected chi connectivity index (χ3v) is 7.86. The van der Waals surface area contributed by atoms with Gasteiger partial charge in [0.05, 0.1) is 17.5 Å². The number of carbonyl (C=O) groups excluding carboxylic acids is 1. The normalized spacial score (nSPS) is 14.7. The van der Waals surface area contributed by atoms with E-state index in [9.17, 15) is 18.0 Å². The molecule has 0 unspecified atom stereocenters. The molecule has 1 saturated heterocycles. The molecular weight excluding hydrogens is 468 g/mol. The van der Waals surface area contributed by atoms with E-state index < -0.39 is 10.0 Å². The maximum absolute atomic E-state index is 13.3. The fourth-order valence-corrected chi connectivity index (χ4v) is 5.87. The van der Waals surface area contributed by atoms with E-state index in [0.717, 1.165) is 19.3 Å². The Hall–Kier alpha value is -3.24. The molecule has 35 heavy (non-hydrogen) atoms. The van der Waals surface area contributed by atoms with Crippen molar-refractivity contribution < 1.29 is 17.9 Å². The molecule has 0 bridgehead atoms. The highest BCUT2D eigenvalue weighted by Crippen LogP contribution is 2.31. The molecular formula is C25H30N4O5S. The van der Waals surface area contributed by atoms with E-state index in [-0.39, 0.29) is 28.5 Å². The van der Waals surface area contributed by atoms with Gasteiger partial charge in [0.25, 0.3) is 5.56 Å². The zero-order valence-corrected chi connectivity index (χ0v) is 20.6.